The van der Waals surface area contributed by atoms with Gasteiger partial charge in [0.25, 0.3) is 0 Å². The molecule has 1 N–H and O–H groups in total. The Morgan fingerprint density at radius 2 is 2.00 bits per heavy atom. The van der Waals surface area contributed by atoms with E-state index in [2.05, 4.69) is 15.3 Å². The van der Waals surface area contributed by atoms with Crippen LogP contribution in [-0.4, -0.2) is 43.2 Å². The molecule has 6 nitrogen and oxygen atoms in total. The molecule has 1 atom stereocenters. The molecule has 116 valence electrons. The van der Waals surface area contributed by atoms with Crippen molar-refractivity contribution in [1.29, 1.82) is 0 Å². The van der Waals surface area contributed by atoms with Gasteiger partial charge >= 0.3 is 5.97 Å². The molecule has 0 radical (unpaired) electrons. The highest BCUT2D eigenvalue weighted by molar-refractivity contribution is 5.79. The molecule has 0 spiro atoms. The van der Waals surface area contributed by atoms with E-state index >= 15 is 0 Å². The number of carbonyl (C=O) groups is 1. The van der Waals surface area contributed by atoms with Crippen LogP contribution in [0.3, 0.4) is 0 Å². The van der Waals surface area contributed by atoms with Gasteiger partial charge in [-0.2, -0.15) is 0 Å². The van der Waals surface area contributed by atoms with Crippen LogP contribution in [0.2, 0.25) is 0 Å². The first-order chi connectivity index (χ1) is 10.6. The minimum Gasteiger partial charge on any atom is -0.467 e. The number of anilines is 2. The molecular formula is C16H20N4O2. The summed E-state index contributed by atoms with van der Waals surface area (Å²) in [6, 6.07) is 11.1. The standard InChI is InChI=1S/C16H20N4O2/c1-20(2)15-10-14(17-11-18-15)19-13(16(21)22-3)9-12-7-5-4-6-8-12/h4-8,10-11,13H,9H2,1-3H3,(H,17,18,19). The third-order valence-corrected chi connectivity index (χ3v) is 3.20. The average molecular weight is 300 g/mol. The SMILES string of the molecule is COC(=O)C(Cc1ccccc1)Nc1cc(N(C)C)ncn1. The molecule has 1 aromatic carbocycles. The van der Waals surface area contributed by atoms with Crippen molar-refractivity contribution in [2.24, 2.45) is 0 Å². The number of nitrogens with one attached hydrogen (secondary N) is 1. The summed E-state index contributed by atoms with van der Waals surface area (Å²) in [7, 11) is 5.18. The molecule has 1 unspecified atom stereocenters. The van der Waals surface area contributed by atoms with E-state index in [0.29, 0.717) is 12.2 Å². The topological polar surface area (TPSA) is 67.3 Å². The quantitative estimate of drug-likeness (QED) is 0.820. The summed E-state index contributed by atoms with van der Waals surface area (Å²) < 4.78 is 4.88. The number of aromatic nitrogens is 2. The zero-order valence-corrected chi connectivity index (χ0v) is 13.0. The first kappa shape index (κ1) is 15.8. The molecule has 0 fully saturated rings. The second-order valence-electron chi connectivity index (χ2n) is 5.07. The number of hydrogen-bond acceptors (Lipinski definition) is 6. The number of rotatable bonds is 6. The number of esters is 1. The Kier molecular flexibility index (Phi) is 5.30. The van der Waals surface area contributed by atoms with Crippen LogP contribution in [0.25, 0.3) is 0 Å². The lowest BCUT2D eigenvalue weighted by atomic mass is 10.1. The normalized spacial score (nSPS) is 11.6. The molecule has 2 aromatic rings. The number of methoxy groups -OCH3 is 1. The Hall–Kier alpha value is -2.63. The van der Waals surface area contributed by atoms with Gasteiger partial charge in [-0.1, -0.05) is 30.3 Å². The summed E-state index contributed by atoms with van der Waals surface area (Å²) in [4.78, 5) is 22.2. The van der Waals surface area contributed by atoms with E-state index in [9.17, 15) is 4.79 Å². The minimum atomic E-state index is -0.502. The van der Waals surface area contributed by atoms with E-state index in [4.69, 9.17) is 4.74 Å². The first-order valence-electron chi connectivity index (χ1n) is 6.98. The molecule has 1 heterocycles. The molecule has 0 aliphatic heterocycles. The molecule has 0 bridgehead atoms. The molecular weight excluding hydrogens is 280 g/mol. The number of hydrogen-bond donors (Lipinski definition) is 1. The van der Waals surface area contributed by atoms with Gasteiger partial charge in [-0.05, 0) is 5.56 Å². The van der Waals surface area contributed by atoms with Crippen LogP contribution in [0.15, 0.2) is 42.7 Å². The van der Waals surface area contributed by atoms with Crippen LogP contribution >= 0.6 is 0 Å². The predicted molar refractivity (Wildman–Crippen MR) is 85.9 cm³/mol. The Balaban J connectivity index is 2.16. The van der Waals surface area contributed by atoms with Crippen molar-refractivity contribution in [3.8, 4) is 0 Å². The van der Waals surface area contributed by atoms with Crippen LogP contribution in [0.1, 0.15) is 5.56 Å². The van der Waals surface area contributed by atoms with E-state index in [1.807, 2.05) is 49.3 Å². The smallest absolute Gasteiger partial charge is 0.328 e. The molecule has 0 saturated heterocycles. The Bertz CT molecular complexity index is 617. The monoisotopic (exact) mass is 300 g/mol. The van der Waals surface area contributed by atoms with Gasteiger partial charge in [-0.15, -0.1) is 0 Å². The molecule has 1 aromatic heterocycles. The lowest BCUT2D eigenvalue weighted by Crippen LogP contribution is -2.33. The highest BCUT2D eigenvalue weighted by atomic mass is 16.5. The second kappa shape index (κ2) is 7.40. The van der Waals surface area contributed by atoms with Crippen LogP contribution in [-0.2, 0) is 16.0 Å². The van der Waals surface area contributed by atoms with Crippen LogP contribution < -0.4 is 10.2 Å². The Labute approximate surface area is 130 Å². The highest BCUT2D eigenvalue weighted by Crippen LogP contribution is 2.14. The first-order valence-corrected chi connectivity index (χ1v) is 6.98. The fourth-order valence-electron chi connectivity index (χ4n) is 2.03. The van der Waals surface area contributed by atoms with Crippen molar-refractivity contribution in [2.75, 3.05) is 31.4 Å². The van der Waals surface area contributed by atoms with E-state index in [1.54, 1.807) is 6.07 Å². The molecule has 6 heteroatoms. The van der Waals surface area contributed by atoms with Crippen molar-refractivity contribution >= 4 is 17.6 Å². The minimum absolute atomic E-state index is 0.325. The summed E-state index contributed by atoms with van der Waals surface area (Å²) in [6.07, 6.45) is 1.99. The van der Waals surface area contributed by atoms with E-state index < -0.39 is 6.04 Å². The molecule has 2 rings (SSSR count). The second-order valence-corrected chi connectivity index (χ2v) is 5.07. The van der Waals surface area contributed by atoms with Gasteiger partial charge < -0.3 is 15.0 Å². The van der Waals surface area contributed by atoms with Crippen LogP contribution in [0, 0.1) is 0 Å². The van der Waals surface area contributed by atoms with Gasteiger partial charge in [0, 0.05) is 26.6 Å². The summed E-state index contributed by atoms with van der Waals surface area (Å²) in [5.41, 5.74) is 1.05. The van der Waals surface area contributed by atoms with Gasteiger partial charge in [0.2, 0.25) is 0 Å². The van der Waals surface area contributed by atoms with E-state index in [1.165, 1.54) is 13.4 Å². The maximum atomic E-state index is 12.0. The Morgan fingerprint density at radius 1 is 1.27 bits per heavy atom. The van der Waals surface area contributed by atoms with Crippen molar-refractivity contribution in [3.63, 3.8) is 0 Å². The lowest BCUT2D eigenvalue weighted by Gasteiger charge is -2.18. The highest BCUT2D eigenvalue weighted by Gasteiger charge is 2.20. The van der Waals surface area contributed by atoms with E-state index in [0.717, 1.165) is 11.4 Å². The van der Waals surface area contributed by atoms with Gasteiger partial charge in [0.1, 0.15) is 24.0 Å². The van der Waals surface area contributed by atoms with Crippen molar-refractivity contribution in [1.82, 2.24) is 9.97 Å². The zero-order chi connectivity index (χ0) is 15.9. The molecule has 0 saturated carbocycles. The lowest BCUT2D eigenvalue weighted by molar-refractivity contribution is -0.141. The van der Waals surface area contributed by atoms with Crippen molar-refractivity contribution in [3.05, 3.63) is 48.3 Å². The van der Waals surface area contributed by atoms with Gasteiger partial charge in [-0.3, -0.25) is 0 Å². The third kappa shape index (κ3) is 4.18. The largest absolute Gasteiger partial charge is 0.467 e. The molecule has 0 aliphatic carbocycles. The third-order valence-electron chi connectivity index (χ3n) is 3.20. The number of carbonyl (C=O) groups excluding carboxylic acids is 1. The molecule has 0 aliphatic rings. The number of ether oxygens (including phenoxy) is 1. The summed E-state index contributed by atoms with van der Waals surface area (Å²) in [5, 5.41) is 3.12. The summed E-state index contributed by atoms with van der Waals surface area (Å²) in [6.45, 7) is 0. The molecule has 0 amide bonds. The van der Waals surface area contributed by atoms with Crippen molar-refractivity contribution in [2.45, 2.75) is 12.5 Å². The van der Waals surface area contributed by atoms with Crippen molar-refractivity contribution < 1.29 is 9.53 Å². The summed E-state index contributed by atoms with van der Waals surface area (Å²) in [5.74, 6) is 1.03. The maximum Gasteiger partial charge on any atom is 0.328 e. The maximum absolute atomic E-state index is 12.0. The van der Waals surface area contributed by atoms with E-state index in [-0.39, 0.29) is 5.97 Å². The van der Waals surface area contributed by atoms with Gasteiger partial charge in [-0.25, -0.2) is 14.8 Å². The fraction of sp³-hybridized carbons (Fsp3) is 0.312. The van der Waals surface area contributed by atoms with Crippen LogP contribution in [0.5, 0.6) is 0 Å². The number of nitrogens with zero attached hydrogens (tertiary/aromatic N) is 3. The van der Waals surface area contributed by atoms with Gasteiger partial charge in [0.05, 0.1) is 7.11 Å². The summed E-state index contributed by atoms with van der Waals surface area (Å²) >= 11 is 0. The predicted octanol–water partition coefficient (Wildman–Crippen LogP) is 1.74. The average Bonchev–Trinajstić information content (AvgIpc) is 2.54. The fourth-order valence-corrected chi connectivity index (χ4v) is 2.03. The zero-order valence-electron chi connectivity index (χ0n) is 13.0. The molecule has 22 heavy (non-hydrogen) atoms. The van der Waals surface area contributed by atoms with Gasteiger partial charge in [0.15, 0.2) is 0 Å². The number of benzene rings is 1. The Morgan fingerprint density at radius 3 is 2.64 bits per heavy atom. The van der Waals surface area contributed by atoms with Crippen LogP contribution in [0.4, 0.5) is 11.6 Å².